The molecule has 0 heterocycles. The average molecular weight is 192 g/mol. The minimum atomic E-state index is 0.236. The molecule has 2 aliphatic rings. The van der Waals surface area contributed by atoms with Crippen LogP contribution in [0.15, 0.2) is 0 Å². The largest absolute Gasteiger partial charge is 0.329 e. The summed E-state index contributed by atoms with van der Waals surface area (Å²) in [5.74, 6) is 4.42. The first-order chi connectivity index (χ1) is 6.80. The molecular weight excluding hydrogens is 172 g/mol. The van der Waals surface area contributed by atoms with Gasteiger partial charge < -0.3 is 11.1 Å². The molecule has 78 valence electrons. The molecule has 0 aliphatic heterocycles. The third-order valence-electron chi connectivity index (χ3n) is 4.09. The van der Waals surface area contributed by atoms with E-state index < -0.39 is 0 Å². The van der Waals surface area contributed by atoms with Crippen molar-refractivity contribution >= 4 is 0 Å². The predicted molar refractivity (Wildman–Crippen MR) is 58.7 cm³/mol. The molecule has 14 heavy (non-hydrogen) atoms. The van der Waals surface area contributed by atoms with Crippen molar-refractivity contribution in [3.8, 4) is 12.3 Å². The smallest absolute Gasteiger partial charge is 0.0335 e. The number of hydrogen-bond acceptors (Lipinski definition) is 2. The fourth-order valence-electron chi connectivity index (χ4n) is 3.37. The maximum atomic E-state index is 5.92. The predicted octanol–water partition coefficient (Wildman–Crippen LogP) is 1.12. The van der Waals surface area contributed by atoms with E-state index in [4.69, 9.17) is 12.2 Å². The molecule has 2 nitrogen and oxygen atoms in total. The second-order valence-electron chi connectivity index (χ2n) is 4.82. The van der Waals surface area contributed by atoms with Gasteiger partial charge in [0, 0.05) is 25.0 Å². The highest BCUT2D eigenvalue weighted by molar-refractivity contribution is 5.07. The van der Waals surface area contributed by atoms with E-state index in [-0.39, 0.29) is 5.54 Å². The standard InChI is InChI=1S/C12H20N2/c1-2-3-6-14-12(9-13)8-10-4-5-11(12)7-10/h1,10-11,14H,3-9,13H2. The third-order valence-corrected chi connectivity index (χ3v) is 4.09. The van der Waals surface area contributed by atoms with E-state index >= 15 is 0 Å². The minimum absolute atomic E-state index is 0.236. The van der Waals surface area contributed by atoms with Crippen LogP contribution in [0.25, 0.3) is 0 Å². The van der Waals surface area contributed by atoms with Gasteiger partial charge in [-0.05, 0) is 31.1 Å². The van der Waals surface area contributed by atoms with Gasteiger partial charge in [-0.15, -0.1) is 12.3 Å². The molecule has 0 spiro atoms. The molecule has 0 aromatic rings. The molecule has 2 aliphatic carbocycles. The van der Waals surface area contributed by atoms with Gasteiger partial charge in [-0.2, -0.15) is 0 Å². The number of hydrogen-bond donors (Lipinski definition) is 2. The Hall–Kier alpha value is -0.520. The summed E-state index contributed by atoms with van der Waals surface area (Å²) in [5.41, 5.74) is 6.16. The van der Waals surface area contributed by atoms with Crippen LogP contribution in [0, 0.1) is 24.2 Å². The Morgan fingerprint density at radius 2 is 2.36 bits per heavy atom. The molecule has 0 aromatic heterocycles. The lowest BCUT2D eigenvalue weighted by atomic mass is 9.81. The number of fused-ring (bicyclic) bond motifs is 2. The summed E-state index contributed by atoms with van der Waals surface area (Å²) in [6, 6.07) is 0. The molecule has 2 rings (SSSR count). The van der Waals surface area contributed by atoms with Gasteiger partial charge >= 0.3 is 0 Å². The van der Waals surface area contributed by atoms with Crippen LogP contribution in [0.2, 0.25) is 0 Å². The molecule has 0 radical (unpaired) electrons. The topological polar surface area (TPSA) is 38.0 Å². The lowest BCUT2D eigenvalue weighted by molar-refractivity contribution is 0.218. The monoisotopic (exact) mass is 192 g/mol. The summed E-state index contributed by atoms with van der Waals surface area (Å²) >= 11 is 0. The van der Waals surface area contributed by atoms with E-state index in [0.29, 0.717) is 0 Å². The molecule has 2 heteroatoms. The van der Waals surface area contributed by atoms with E-state index in [9.17, 15) is 0 Å². The van der Waals surface area contributed by atoms with Gasteiger partial charge in [0.05, 0.1) is 0 Å². The summed E-state index contributed by atoms with van der Waals surface area (Å²) in [4.78, 5) is 0. The van der Waals surface area contributed by atoms with Gasteiger partial charge in [0.2, 0.25) is 0 Å². The molecular formula is C12H20N2. The summed E-state index contributed by atoms with van der Waals surface area (Å²) in [5, 5.41) is 3.61. The van der Waals surface area contributed by atoms with Gasteiger partial charge in [0.1, 0.15) is 0 Å². The molecule has 3 atom stereocenters. The first-order valence-electron chi connectivity index (χ1n) is 5.69. The van der Waals surface area contributed by atoms with Crippen molar-refractivity contribution in [1.82, 2.24) is 5.32 Å². The molecule has 0 saturated heterocycles. The number of rotatable bonds is 4. The Bertz CT molecular complexity index is 243. The molecule has 2 bridgehead atoms. The van der Waals surface area contributed by atoms with Crippen LogP contribution >= 0.6 is 0 Å². The summed E-state index contributed by atoms with van der Waals surface area (Å²) in [6.45, 7) is 1.70. The van der Waals surface area contributed by atoms with E-state index in [0.717, 1.165) is 31.3 Å². The van der Waals surface area contributed by atoms with Crippen molar-refractivity contribution in [2.75, 3.05) is 13.1 Å². The molecule has 0 aromatic carbocycles. The Kier molecular flexibility index (Phi) is 2.80. The van der Waals surface area contributed by atoms with E-state index in [2.05, 4.69) is 11.2 Å². The summed E-state index contributed by atoms with van der Waals surface area (Å²) in [6.07, 6.45) is 11.5. The highest BCUT2D eigenvalue weighted by Gasteiger charge is 2.49. The zero-order chi connectivity index (χ0) is 10.0. The molecule has 3 N–H and O–H groups in total. The van der Waals surface area contributed by atoms with E-state index in [1.165, 1.54) is 25.7 Å². The van der Waals surface area contributed by atoms with Gasteiger partial charge in [-0.3, -0.25) is 0 Å². The third kappa shape index (κ3) is 1.55. The first kappa shape index (κ1) is 10.0. The minimum Gasteiger partial charge on any atom is -0.329 e. The highest BCUT2D eigenvalue weighted by Crippen LogP contribution is 2.50. The Morgan fingerprint density at radius 1 is 1.50 bits per heavy atom. The van der Waals surface area contributed by atoms with E-state index in [1.54, 1.807) is 0 Å². The van der Waals surface area contributed by atoms with Crippen LogP contribution in [0.5, 0.6) is 0 Å². The first-order valence-corrected chi connectivity index (χ1v) is 5.69. The maximum Gasteiger partial charge on any atom is 0.0335 e. The quantitative estimate of drug-likeness (QED) is 0.517. The Labute approximate surface area is 86.6 Å². The van der Waals surface area contributed by atoms with Crippen molar-refractivity contribution < 1.29 is 0 Å². The van der Waals surface area contributed by atoms with Crippen molar-refractivity contribution in [2.45, 2.75) is 37.6 Å². The van der Waals surface area contributed by atoms with Crippen molar-refractivity contribution in [3.63, 3.8) is 0 Å². The van der Waals surface area contributed by atoms with Crippen molar-refractivity contribution in [3.05, 3.63) is 0 Å². The lowest BCUT2D eigenvalue weighted by Crippen LogP contribution is -2.55. The Morgan fingerprint density at radius 3 is 2.86 bits per heavy atom. The molecule has 0 amide bonds. The number of terminal acetylenes is 1. The molecule has 2 saturated carbocycles. The van der Waals surface area contributed by atoms with Crippen LogP contribution in [0.3, 0.4) is 0 Å². The van der Waals surface area contributed by atoms with Crippen LogP contribution in [0.4, 0.5) is 0 Å². The number of nitrogens with one attached hydrogen (secondary N) is 1. The second-order valence-corrected chi connectivity index (χ2v) is 4.82. The van der Waals surface area contributed by atoms with Gasteiger partial charge in [0.25, 0.3) is 0 Å². The van der Waals surface area contributed by atoms with Crippen LogP contribution < -0.4 is 11.1 Å². The van der Waals surface area contributed by atoms with E-state index in [1.807, 2.05) is 0 Å². The normalized spacial score (nSPS) is 40.0. The van der Waals surface area contributed by atoms with Crippen LogP contribution in [-0.4, -0.2) is 18.6 Å². The SMILES string of the molecule is C#CCCNC1(CN)CC2CCC1C2. The van der Waals surface area contributed by atoms with Gasteiger partial charge in [-0.1, -0.05) is 6.42 Å². The van der Waals surface area contributed by atoms with Gasteiger partial charge in [0.15, 0.2) is 0 Å². The fourth-order valence-corrected chi connectivity index (χ4v) is 3.37. The number of nitrogens with two attached hydrogens (primary N) is 1. The average Bonchev–Trinajstić information content (AvgIpc) is 2.78. The fraction of sp³-hybridized carbons (Fsp3) is 0.833. The van der Waals surface area contributed by atoms with Gasteiger partial charge in [-0.25, -0.2) is 0 Å². The molecule has 3 unspecified atom stereocenters. The second kappa shape index (κ2) is 3.92. The summed E-state index contributed by atoms with van der Waals surface area (Å²) in [7, 11) is 0. The zero-order valence-electron chi connectivity index (χ0n) is 8.76. The maximum absolute atomic E-state index is 5.92. The van der Waals surface area contributed by atoms with Crippen molar-refractivity contribution in [2.24, 2.45) is 17.6 Å². The summed E-state index contributed by atoms with van der Waals surface area (Å²) < 4.78 is 0. The lowest BCUT2D eigenvalue weighted by Gasteiger charge is -2.37. The molecule has 2 fully saturated rings. The highest BCUT2D eigenvalue weighted by atomic mass is 15.0. The van der Waals surface area contributed by atoms with Crippen LogP contribution in [0.1, 0.15) is 32.1 Å². The zero-order valence-corrected chi connectivity index (χ0v) is 8.76. The van der Waals surface area contributed by atoms with Crippen LogP contribution in [-0.2, 0) is 0 Å². The Balaban J connectivity index is 1.94. The van der Waals surface area contributed by atoms with Crippen molar-refractivity contribution in [1.29, 1.82) is 0 Å².